The van der Waals surface area contributed by atoms with Gasteiger partial charge in [-0.25, -0.2) is 4.98 Å². The van der Waals surface area contributed by atoms with E-state index in [1.807, 2.05) is 13.0 Å². The first-order valence-electron chi connectivity index (χ1n) is 10.8. The van der Waals surface area contributed by atoms with Gasteiger partial charge in [-0.3, -0.25) is 4.79 Å². The molecule has 0 aliphatic rings. The lowest BCUT2D eigenvalue weighted by atomic mass is 9.99. The number of carboxylic acid groups (broad SMARTS) is 1. The molecule has 31 heavy (non-hydrogen) atoms. The number of nitrogens with two attached hydrogens (primary N) is 2. The van der Waals surface area contributed by atoms with Gasteiger partial charge < -0.3 is 26.6 Å². The number of aryl methyl sites for hydroxylation is 1. The van der Waals surface area contributed by atoms with Crippen LogP contribution in [0.4, 0.5) is 11.8 Å². The molecule has 0 radical (unpaired) electrons. The SMILES string of the molecule is CCCCN.CCCCNc1nc(N)nc(C)c1Cc1cc(CC(=O)O)ccc1OC. The second-order valence-corrected chi connectivity index (χ2v) is 7.31. The van der Waals surface area contributed by atoms with Crippen LogP contribution in [0.3, 0.4) is 0 Å². The minimum Gasteiger partial charge on any atom is -0.496 e. The van der Waals surface area contributed by atoms with Crippen LogP contribution in [0.2, 0.25) is 0 Å². The predicted octanol–water partition coefficient (Wildman–Crippen LogP) is 3.55. The molecule has 0 aliphatic carbocycles. The summed E-state index contributed by atoms with van der Waals surface area (Å²) in [5, 5.41) is 12.4. The van der Waals surface area contributed by atoms with Gasteiger partial charge in [0.2, 0.25) is 5.95 Å². The molecule has 8 heteroatoms. The number of aliphatic carboxylic acids is 1. The fourth-order valence-electron chi connectivity index (χ4n) is 3.01. The monoisotopic (exact) mass is 431 g/mol. The zero-order valence-corrected chi connectivity index (χ0v) is 19.2. The standard InChI is InChI=1S/C19H26N4O3.C4H11N/c1-4-5-8-21-18-15(12(2)22-19(20)23-18)11-14-9-13(10-17(24)25)6-7-16(14)26-3;1-2-3-4-5/h6-7,9H,4-5,8,10-11H2,1-3H3,(H,24,25)(H3,20,21,22,23);2-5H2,1H3. The van der Waals surface area contributed by atoms with Crippen molar-refractivity contribution in [1.82, 2.24) is 9.97 Å². The summed E-state index contributed by atoms with van der Waals surface area (Å²) in [4.78, 5) is 19.6. The van der Waals surface area contributed by atoms with Crippen LogP contribution in [0.25, 0.3) is 0 Å². The summed E-state index contributed by atoms with van der Waals surface area (Å²) in [6.07, 6.45) is 4.98. The third-order valence-electron chi connectivity index (χ3n) is 4.68. The third-order valence-corrected chi connectivity index (χ3v) is 4.68. The number of methoxy groups -OCH3 is 1. The average Bonchev–Trinajstić information content (AvgIpc) is 2.71. The highest BCUT2D eigenvalue weighted by Gasteiger charge is 2.15. The van der Waals surface area contributed by atoms with E-state index in [1.165, 1.54) is 12.8 Å². The van der Waals surface area contributed by atoms with Crippen LogP contribution in [0.1, 0.15) is 61.9 Å². The Morgan fingerprint density at radius 2 is 1.90 bits per heavy atom. The molecule has 1 aromatic heterocycles. The normalized spacial score (nSPS) is 10.2. The van der Waals surface area contributed by atoms with Crippen molar-refractivity contribution in [3.8, 4) is 5.75 Å². The first kappa shape index (κ1) is 26.2. The number of benzene rings is 1. The van der Waals surface area contributed by atoms with Gasteiger partial charge in [0.1, 0.15) is 11.6 Å². The van der Waals surface area contributed by atoms with Gasteiger partial charge in [-0.15, -0.1) is 0 Å². The van der Waals surface area contributed by atoms with E-state index in [4.69, 9.17) is 21.3 Å². The highest BCUT2D eigenvalue weighted by Crippen LogP contribution is 2.27. The van der Waals surface area contributed by atoms with Gasteiger partial charge in [0.15, 0.2) is 0 Å². The fraction of sp³-hybridized carbons (Fsp3) is 0.522. The second-order valence-electron chi connectivity index (χ2n) is 7.31. The number of nitrogens with zero attached hydrogens (tertiary/aromatic N) is 2. The van der Waals surface area contributed by atoms with Gasteiger partial charge in [0, 0.05) is 24.2 Å². The third kappa shape index (κ3) is 9.21. The zero-order valence-electron chi connectivity index (χ0n) is 19.2. The molecule has 0 saturated heterocycles. The number of rotatable bonds is 11. The molecule has 0 saturated carbocycles. The Kier molecular flexibility index (Phi) is 12.0. The van der Waals surface area contributed by atoms with Crippen LogP contribution in [0.15, 0.2) is 18.2 Å². The second kappa shape index (κ2) is 14.2. The Morgan fingerprint density at radius 3 is 2.45 bits per heavy atom. The maximum Gasteiger partial charge on any atom is 0.307 e. The Hall–Kier alpha value is -2.87. The number of anilines is 2. The largest absolute Gasteiger partial charge is 0.496 e. The van der Waals surface area contributed by atoms with Crippen LogP contribution in [-0.2, 0) is 17.6 Å². The maximum absolute atomic E-state index is 11.0. The summed E-state index contributed by atoms with van der Waals surface area (Å²) in [6.45, 7) is 7.80. The number of carboxylic acids is 1. The summed E-state index contributed by atoms with van der Waals surface area (Å²) >= 11 is 0. The van der Waals surface area contributed by atoms with Crippen molar-refractivity contribution in [3.63, 3.8) is 0 Å². The first-order valence-corrected chi connectivity index (χ1v) is 10.8. The molecule has 8 nitrogen and oxygen atoms in total. The molecule has 0 spiro atoms. The Balaban J connectivity index is 0.000000861. The first-order chi connectivity index (χ1) is 14.9. The molecule has 0 aliphatic heterocycles. The Morgan fingerprint density at radius 1 is 1.19 bits per heavy atom. The molecule has 0 amide bonds. The minimum atomic E-state index is -0.866. The van der Waals surface area contributed by atoms with Crippen molar-refractivity contribution in [1.29, 1.82) is 0 Å². The van der Waals surface area contributed by atoms with Crippen LogP contribution in [0.5, 0.6) is 5.75 Å². The lowest BCUT2D eigenvalue weighted by Crippen LogP contribution is -2.12. The van der Waals surface area contributed by atoms with Gasteiger partial charge in [-0.1, -0.05) is 38.8 Å². The molecule has 2 aromatic rings. The van der Waals surface area contributed by atoms with Gasteiger partial charge in [-0.05, 0) is 43.5 Å². The Labute approximate surface area is 185 Å². The van der Waals surface area contributed by atoms with E-state index in [9.17, 15) is 4.79 Å². The molecule has 0 unspecified atom stereocenters. The van der Waals surface area contributed by atoms with Gasteiger partial charge >= 0.3 is 5.97 Å². The van der Waals surface area contributed by atoms with Crippen LogP contribution in [-0.4, -0.2) is 41.2 Å². The molecular formula is C23H37N5O3. The number of hydrogen-bond donors (Lipinski definition) is 4. The van der Waals surface area contributed by atoms with E-state index >= 15 is 0 Å². The van der Waals surface area contributed by atoms with E-state index < -0.39 is 5.97 Å². The molecule has 172 valence electrons. The molecule has 0 fully saturated rings. The van der Waals surface area contributed by atoms with E-state index in [0.717, 1.165) is 48.3 Å². The van der Waals surface area contributed by atoms with Crippen molar-refractivity contribution < 1.29 is 14.6 Å². The number of hydrogen-bond acceptors (Lipinski definition) is 7. The number of carbonyl (C=O) groups is 1. The van der Waals surface area contributed by atoms with E-state index in [2.05, 4.69) is 29.1 Å². The van der Waals surface area contributed by atoms with E-state index in [0.29, 0.717) is 18.0 Å². The summed E-state index contributed by atoms with van der Waals surface area (Å²) in [5.74, 6) is 0.788. The van der Waals surface area contributed by atoms with Crippen LogP contribution in [0, 0.1) is 6.92 Å². The molecule has 1 heterocycles. The van der Waals surface area contributed by atoms with Gasteiger partial charge in [-0.2, -0.15) is 4.98 Å². The highest BCUT2D eigenvalue weighted by atomic mass is 16.5. The summed E-state index contributed by atoms with van der Waals surface area (Å²) in [7, 11) is 1.60. The van der Waals surface area contributed by atoms with Gasteiger partial charge in [0.25, 0.3) is 0 Å². The van der Waals surface area contributed by atoms with Gasteiger partial charge in [0.05, 0.1) is 13.5 Å². The molecule has 1 aromatic carbocycles. The number of nitrogen functional groups attached to an aromatic ring is 1. The zero-order chi connectivity index (χ0) is 23.2. The smallest absolute Gasteiger partial charge is 0.307 e. The van der Waals surface area contributed by atoms with Crippen LogP contribution >= 0.6 is 0 Å². The molecule has 0 atom stereocenters. The lowest BCUT2D eigenvalue weighted by molar-refractivity contribution is -0.136. The fourth-order valence-corrected chi connectivity index (χ4v) is 3.01. The number of ether oxygens (including phenoxy) is 1. The molecule has 2 rings (SSSR count). The number of aromatic nitrogens is 2. The van der Waals surface area contributed by atoms with Crippen molar-refractivity contribution in [2.45, 2.75) is 59.3 Å². The van der Waals surface area contributed by atoms with E-state index in [-0.39, 0.29) is 12.4 Å². The van der Waals surface area contributed by atoms with Crippen LogP contribution < -0.4 is 21.5 Å². The topological polar surface area (TPSA) is 136 Å². The summed E-state index contributed by atoms with van der Waals surface area (Å²) in [6, 6.07) is 5.42. The summed E-state index contributed by atoms with van der Waals surface area (Å²) < 4.78 is 5.45. The molecular weight excluding hydrogens is 394 g/mol. The van der Waals surface area contributed by atoms with Crippen molar-refractivity contribution in [3.05, 3.63) is 40.6 Å². The average molecular weight is 432 g/mol. The minimum absolute atomic E-state index is 0.0319. The predicted molar refractivity (Wildman–Crippen MR) is 126 cm³/mol. The van der Waals surface area contributed by atoms with Crippen molar-refractivity contribution >= 4 is 17.7 Å². The summed E-state index contributed by atoms with van der Waals surface area (Å²) in [5.41, 5.74) is 14.3. The quantitative estimate of drug-likeness (QED) is 0.397. The van der Waals surface area contributed by atoms with Crippen molar-refractivity contribution in [2.24, 2.45) is 5.73 Å². The Bertz CT molecular complexity index is 825. The van der Waals surface area contributed by atoms with Crippen molar-refractivity contribution in [2.75, 3.05) is 31.2 Å². The molecule has 0 bridgehead atoms. The number of unbranched alkanes of at least 4 members (excludes halogenated alkanes) is 2. The molecule has 6 N–H and O–H groups in total. The lowest BCUT2D eigenvalue weighted by Gasteiger charge is -2.16. The maximum atomic E-state index is 11.0. The number of nitrogens with one attached hydrogen (secondary N) is 1. The highest BCUT2D eigenvalue weighted by molar-refractivity contribution is 5.70. The van der Waals surface area contributed by atoms with E-state index in [1.54, 1.807) is 19.2 Å².